The van der Waals surface area contributed by atoms with E-state index >= 15 is 0 Å². The second-order valence-electron chi connectivity index (χ2n) is 13.8. The van der Waals surface area contributed by atoms with Crippen molar-refractivity contribution in [3.05, 3.63) is 108 Å². The topological polar surface area (TPSA) is 200 Å². The Morgan fingerprint density at radius 3 is 1.38 bits per heavy atom. The number of aromatic amines is 2. The number of rotatable bonds is 10. The van der Waals surface area contributed by atoms with Crippen LogP contribution >= 0.6 is 22.7 Å². The number of nitrogens with zero attached hydrogens (tertiary/aromatic N) is 6. The number of aromatic nitrogens is 6. The number of methoxy groups -OCH3 is 2. The predicted molar refractivity (Wildman–Crippen MR) is 258 cm³/mol. The van der Waals surface area contributed by atoms with E-state index in [0.29, 0.717) is 19.3 Å². The zero-order valence-electron chi connectivity index (χ0n) is 38.9. The van der Waals surface area contributed by atoms with Crippen LogP contribution in [0.1, 0.15) is 88.2 Å². The molecule has 4 N–H and O–H groups in total. The van der Waals surface area contributed by atoms with Gasteiger partial charge >= 0.3 is 6.09 Å². The first-order chi connectivity index (χ1) is 31.7. The minimum Gasteiger partial charge on any atom is -0.453 e. The summed E-state index contributed by atoms with van der Waals surface area (Å²) in [6.07, 6.45) is 12.1. The van der Waals surface area contributed by atoms with Crippen LogP contribution in [0.4, 0.5) is 4.79 Å². The number of thiazole rings is 2. The Labute approximate surface area is 390 Å². The Morgan fingerprint density at radius 1 is 0.677 bits per heavy atom. The zero-order chi connectivity index (χ0) is 47.6. The molecule has 2 aromatic carbocycles. The molecule has 6 aromatic rings. The number of carbonyl (C=O) groups is 4. The Bertz CT molecular complexity index is 2130. The molecule has 2 saturated heterocycles. The molecule has 2 aliphatic rings. The van der Waals surface area contributed by atoms with Crippen molar-refractivity contribution in [3.63, 3.8) is 0 Å². The third-order valence-corrected chi connectivity index (χ3v) is 11.8. The van der Waals surface area contributed by atoms with Gasteiger partial charge in [-0.25, -0.2) is 24.7 Å². The highest BCUT2D eigenvalue weighted by Crippen LogP contribution is 2.39. The molecule has 350 valence electrons. The monoisotopic (exact) mass is 928 g/mol. The maximum Gasteiger partial charge on any atom is 0.406 e. The van der Waals surface area contributed by atoms with E-state index < -0.39 is 6.09 Å². The lowest BCUT2D eigenvalue weighted by Gasteiger charge is -2.23. The van der Waals surface area contributed by atoms with Gasteiger partial charge in [0.2, 0.25) is 18.2 Å². The van der Waals surface area contributed by atoms with E-state index in [2.05, 4.69) is 40.0 Å². The molecule has 16 nitrogen and oxygen atoms in total. The van der Waals surface area contributed by atoms with Crippen LogP contribution in [0.15, 0.2) is 85.5 Å². The van der Waals surface area contributed by atoms with E-state index in [1.54, 1.807) is 43.9 Å². The summed E-state index contributed by atoms with van der Waals surface area (Å²) in [6.45, 7) is 9.48. The van der Waals surface area contributed by atoms with E-state index in [4.69, 9.17) is 14.8 Å². The summed E-state index contributed by atoms with van der Waals surface area (Å²) in [7, 11) is 7.64. The maximum atomic E-state index is 13.2. The summed E-state index contributed by atoms with van der Waals surface area (Å²) in [5.41, 5.74) is 3.73. The predicted octanol–water partition coefficient (Wildman–Crippen LogP) is 8.51. The van der Waals surface area contributed by atoms with Gasteiger partial charge in [-0.2, -0.15) is 0 Å². The molecular weight excluding hydrogens is 865 g/mol. The smallest absolute Gasteiger partial charge is 0.406 e. The van der Waals surface area contributed by atoms with Crippen molar-refractivity contribution in [2.24, 2.45) is 0 Å². The number of ether oxygens (including phenoxy) is 2. The first-order valence-electron chi connectivity index (χ1n) is 21.7. The van der Waals surface area contributed by atoms with E-state index in [1.165, 1.54) is 14.2 Å². The van der Waals surface area contributed by atoms with Gasteiger partial charge in [0, 0.05) is 53.8 Å². The highest BCUT2D eigenvalue weighted by Gasteiger charge is 2.33. The Balaban J connectivity index is 0.000000575. The average Bonchev–Trinajstić information content (AvgIpc) is 4.21. The van der Waals surface area contributed by atoms with Crippen molar-refractivity contribution in [2.45, 2.75) is 78.3 Å². The third kappa shape index (κ3) is 15.8. The fourth-order valence-corrected chi connectivity index (χ4v) is 8.62. The molecule has 6 heterocycles. The average molecular weight is 929 g/mol. The third-order valence-electron chi connectivity index (χ3n) is 9.59. The van der Waals surface area contributed by atoms with Crippen molar-refractivity contribution >= 4 is 47.0 Å². The van der Waals surface area contributed by atoms with Crippen LogP contribution in [-0.4, -0.2) is 113 Å². The summed E-state index contributed by atoms with van der Waals surface area (Å²) < 4.78 is 8.40. The van der Waals surface area contributed by atoms with Gasteiger partial charge in [0.15, 0.2) is 0 Å². The van der Waals surface area contributed by atoms with Gasteiger partial charge in [-0.15, -0.1) is 22.7 Å². The SMILES string of the molecule is CC.CC.CNC(=O)OC.CNC=O.COC.O=C(Cc1ccccc1)N1CCC[C@H]1c1ncc(-c2ncc(-c3cnc(-c4cnc([C@@H]5CCCN5C(=O)Cc5ccccc5)[nH]4)s3)s2)[nH]1. The number of amides is 4. The van der Waals surface area contributed by atoms with Crippen LogP contribution in [0.2, 0.25) is 0 Å². The quantitative estimate of drug-likeness (QED) is 0.0966. The molecule has 65 heavy (non-hydrogen) atoms. The molecule has 2 aliphatic heterocycles. The Morgan fingerprint density at radius 2 is 1.06 bits per heavy atom. The molecule has 0 unspecified atom stereocenters. The molecular formula is C47H64N10O6S2. The fourth-order valence-electron chi connectivity index (χ4n) is 6.80. The summed E-state index contributed by atoms with van der Waals surface area (Å²) >= 11 is 3.16. The second-order valence-corrected chi connectivity index (χ2v) is 15.9. The number of alkyl carbamates (subject to hydrolysis) is 1. The minimum atomic E-state index is -0.407. The highest BCUT2D eigenvalue weighted by molar-refractivity contribution is 7.24. The van der Waals surface area contributed by atoms with E-state index in [1.807, 2.05) is 123 Å². The number of imidazole rings is 2. The number of nitrogens with one attached hydrogen (secondary N) is 4. The molecule has 18 heteroatoms. The Hall–Kier alpha value is -6.24. The van der Waals surface area contributed by atoms with Crippen molar-refractivity contribution in [2.75, 3.05) is 48.5 Å². The van der Waals surface area contributed by atoms with Gasteiger partial charge in [-0.1, -0.05) is 88.4 Å². The molecule has 0 radical (unpaired) electrons. The summed E-state index contributed by atoms with van der Waals surface area (Å²) in [4.78, 5) is 76.8. The van der Waals surface area contributed by atoms with Crippen LogP contribution in [0, 0.1) is 0 Å². The van der Waals surface area contributed by atoms with Gasteiger partial charge in [-0.3, -0.25) is 14.4 Å². The Kier molecular flexibility index (Phi) is 23.9. The molecule has 0 bridgehead atoms. The van der Waals surface area contributed by atoms with Crippen molar-refractivity contribution in [3.8, 4) is 31.2 Å². The number of hydrogen-bond acceptors (Lipinski definition) is 12. The first kappa shape index (κ1) is 53.1. The zero-order valence-corrected chi connectivity index (χ0v) is 40.6. The van der Waals surface area contributed by atoms with Crippen molar-refractivity contribution in [1.29, 1.82) is 0 Å². The maximum absolute atomic E-state index is 13.2. The van der Waals surface area contributed by atoms with Crippen LogP contribution in [0.25, 0.3) is 31.2 Å². The lowest BCUT2D eigenvalue weighted by atomic mass is 10.1. The summed E-state index contributed by atoms with van der Waals surface area (Å²) in [6, 6.07) is 19.7. The number of H-pyrrole nitrogens is 2. The van der Waals surface area contributed by atoms with Crippen LogP contribution in [0.5, 0.6) is 0 Å². The molecule has 2 atom stereocenters. The minimum absolute atomic E-state index is 0.0592. The number of benzene rings is 2. The summed E-state index contributed by atoms with van der Waals surface area (Å²) in [5.74, 6) is 1.86. The standard InChI is InChI=1S/C36H34N8O2S2.C3H7NO2.C2H5NO.C2H6O.2C2H6/c45-31(17-23-9-3-1-4-10-23)43-15-7-13-27(43)33-37-19-25(41-33)35-39-21-29(47-35)30-22-40-36(48-30)26-20-38-34(42-26)28-14-8-16-44(28)32(46)18-24-11-5-2-6-12-24;1-4-3(5)6-2;1-3-2-4;1-3-2;2*1-2/h1-6,9-12,19-22,27-28H,7-8,13-18H2,(H,37,41)(H,38,42);1-2H3,(H,4,5);2H,1H3,(H,3,4);1-2H3;2*1-2H3/t27-,28-;;;;;/m0...../s1. The van der Waals surface area contributed by atoms with Crippen molar-refractivity contribution < 1.29 is 28.7 Å². The van der Waals surface area contributed by atoms with Gasteiger partial charge in [-0.05, 0) is 36.8 Å². The fraction of sp³-hybridized carbons (Fsp3) is 0.404. The highest BCUT2D eigenvalue weighted by atomic mass is 32.1. The molecule has 2 fully saturated rings. The molecule has 8 rings (SSSR count). The first-order valence-corrected chi connectivity index (χ1v) is 23.3. The molecule has 4 amide bonds. The molecule has 0 aliphatic carbocycles. The second kappa shape index (κ2) is 29.3. The largest absolute Gasteiger partial charge is 0.453 e. The van der Waals surface area contributed by atoms with Crippen LogP contribution < -0.4 is 10.6 Å². The van der Waals surface area contributed by atoms with Gasteiger partial charge < -0.3 is 39.9 Å². The lowest BCUT2D eigenvalue weighted by Crippen LogP contribution is -2.32. The van der Waals surface area contributed by atoms with Crippen molar-refractivity contribution in [1.82, 2.24) is 50.3 Å². The number of carbonyl (C=O) groups excluding carboxylic acids is 4. The lowest BCUT2D eigenvalue weighted by molar-refractivity contribution is -0.132. The molecule has 0 spiro atoms. The van der Waals surface area contributed by atoms with E-state index in [9.17, 15) is 14.4 Å². The number of likely N-dealkylation sites (tertiary alicyclic amines) is 2. The molecule has 0 saturated carbocycles. The number of hydrogen-bond donors (Lipinski definition) is 4. The normalized spacial score (nSPS) is 14.5. The van der Waals surface area contributed by atoms with Gasteiger partial charge in [0.25, 0.3) is 0 Å². The molecule has 4 aromatic heterocycles. The van der Waals surface area contributed by atoms with Gasteiger partial charge in [0.1, 0.15) is 21.7 Å². The van der Waals surface area contributed by atoms with E-state index in [-0.39, 0.29) is 23.9 Å². The van der Waals surface area contributed by atoms with Crippen LogP contribution in [-0.2, 0) is 36.7 Å². The van der Waals surface area contributed by atoms with Gasteiger partial charge in [0.05, 0.1) is 65.6 Å². The summed E-state index contributed by atoms with van der Waals surface area (Å²) in [5, 5.41) is 6.18. The van der Waals surface area contributed by atoms with E-state index in [0.717, 1.165) is 92.7 Å². The van der Waals surface area contributed by atoms with Crippen LogP contribution in [0.3, 0.4) is 0 Å².